The summed E-state index contributed by atoms with van der Waals surface area (Å²) in [6, 6.07) is 12.7. The van der Waals surface area contributed by atoms with Crippen molar-refractivity contribution in [2.24, 2.45) is 0 Å². The zero-order valence-corrected chi connectivity index (χ0v) is 14.7. The molecule has 0 aliphatic carbocycles. The maximum absolute atomic E-state index is 13.0. The van der Waals surface area contributed by atoms with Crippen molar-refractivity contribution < 1.29 is 17.6 Å². The Kier molecular flexibility index (Phi) is 6.66. The lowest BCUT2D eigenvalue weighted by atomic mass is 10.1. The number of hydrogen-bond acceptors (Lipinski definition) is 3. The highest BCUT2D eigenvalue weighted by Gasteiger charge is 2.25. The van der Waals surface area contributed by atoms with E-state index in [1.807, 2.05) is 37.3 Å². The standard InChI is InChI=1S/C18H21FN2O3S/c1-2-12-20-18(22)17(13-14-6-4-3-5-7-14)21-25(23,24)16-10-8-15(19)9-11-16/h3-11,17,21H,2,12-13H2,1H3,(H,20,22). The van der Waals surface area contributed by atoms with E-state index in [2.05, 4.69) is 10.0 Å². The van der Waals surface area contributed by atoms with E-state index in [-0.39, 0.29) is 11.3 Å². The summed E-state index contributed by atoms with van der Waals surface area (Å²) < 4.78 is 40.5. The van der Waals surface area contributed by atoms with E-state index in [9.17, 15) is 17.6 Å². The number of carbonyl (C=O) groups is 1. The van der Waals surface area contributed by atoms with E-state index in [1.54, 1.807) is 0 Å². The minimum absolute atomic E-state index is 0.0877. The second-order valence-electron chi connectivity index (χ2n) is 5.61. The number of sulfonamides is 1. The van der Waals surface area contributed by atoms with Gasteiger partial charge in [0.2, 0.25) is 15.9 Å². The van der Waals surface area contributed by atoms with Crippen molar-refractivity contribution in [1.82, 2.24) is 10.0 Å². The quantitative estimate of drug-likeness (QED) is 0.754. The molecule has 0 saturated heterocycles. The maximum Gasteiger partial charge on any atom is 0.241 e. The Bertz CT molecular complexity index is 793. The molecule has 0 saturated carbocycles. The van der Waals surface area contributed by atoms with Crippen LogP contribution in [-0.2, 0) is 21.2 Å². The summed E-state index contributed by atoms with van der Waals surface area (Å²) in [5.41, 5.74) is 0.834. The van der Waals surface area contributed by atoms with Gasteiger partial charge in [-0.1, -0.05) is 37.3 Å². The summed E-state index contributed by atoms with van der Waals surface area (Å²) in [5.74, 6) is -0.920. The lowest BCUT2D eigenvalue weighted by Crippen LogP contribution is -2.48. The van der Waals surface area contributed by atoms with Crippen LogP contribution in [0.4, 0.5) is 4.39 Å². The normalized spacial score (nSPS) is 12.6. The van der Waals surface area contributed by atoms with E-state index < -0.39 is 27.8 Å². The predicted molar refractivity (Wildman–Crippen MR) is 94.0 cm³/mol. The van der Waals surface area contributed by atoms with Crippen molar-refractivity contribution >= 4 is 15.9 Å². The molecule has 25 heavy (non-hydrogen) atoms. The Morgan fingerprint density at radius 1 is 1.08 bits per heavy atom. The summed E-state index contributed by atoms with van der Waals surface area (Å²) in [6.45, 7) is 2.37. The molecule has 0 spiro atoms. The van der Waals surface area contributed by atoms with E-state index >= 15 is 0 Å². The van der Waals surface area contributed by atoms with Crippen LogP contribution >= 0.6 is 0 Å². The van der Waals surface area contributed by atoms with Crippen molar-refractivity contribution in [1.29, 1.82) is 0 Å². The number of carbonyl (C=O) groups excluding carboxylic acids is 1. The monoisotopic (exact) mass is 364 g/mol. The van der Waals surface area contributed by atoms with Gasteiger partial charge in [-0.05, 0) is 42.7 Å². The van der Waals surface area contributed by atoms with Crippen molar-refractivity contribution in [2.45, 2.75) is 30.7 Å². The first kappa shape index (κ1) is 19.1. The lowest BCUT2D eigenvalue weighted by Gasteiger charge is -2.18. The van der Waals surface area contributed by atoms with E-state index in [4.69, 9.17) is 0 Å². The first-order valence-corrected chi connectivity index (χ1v) is 9.50. The maximum atomic E-state index is 13.0. The largest absolute Gasteiger partial charge is 0.355 e. The molecule has 0 bridgehead atoms. The van der Waals surface area contributed by atoms with Gasteiger partial charge in [-0.3, -0.25) is 4.79 Å². The third kappa shape index (κ3) is 5.65. The molecule has 7 heteroatoms. The third-order valence-corrected chi connectivity index (χ3v) is 5.06. The molecule has 2 N–H and O–H groups in total. The van der Waals surface area contributed by atoms with Crippen LogP contribution in [0.25, 0.3) is 0 Å². The second kappa shape index (κ2) is 8.73. The van der Waals surface area contributed by atoms with Gasteiger partial charge in [0, 0.05) is 6.54 Å². The molecule has 0 fully saturated rings. The Hall–Kier alpha value is -2.25. The second-order valence-corrected chi connectivity index (χ2v) is 7.32. The zero-order chi connectivity index (χ0) is 18.3. The average molecular weight is 364 g/mol. The Morgan fingerprint density at radius 3 is 2.32 bits per heavy atom. The smallest absolute Gasteiger partial charge is 0.241 e. The SMILES string of the molecule is CCCNC(=O)C(Cc1ccccc1)NS(=O)(=O)c1ccc(F)cc1. The molecule has 0 aliphatic heterocycles. The van der Waals surface area contributed by atoms with Gasteiger partial charge < -0.3 is 5.32 Å². The number of nitrogens with one attached hydrogen (secondary N) is 2. The number of amides is 1. The first-order chi connectivity index (χ1) is 11.9. The summed E-state index contributed by atoms with van der Waals surface area (Å²) in [4.78, 5) is 12.3. The Balaban J connectivity index is 2.22. The van der Waals surface area contributed by atoms with Crippen LogP contribution in [0.1, 0.15) is 18.9 Å². The Labute approximate surface area is 147 Å². The van der Waals surface area contributed by atoms with Crippen LogP contribution in [-0.4, -0.2) is 26.9 Å². The van der Waals surface area contributed by atoms with Crippen molar-refractivity contribution in [2.75, 3.05) is 6.54 Å². The van der Waals surface area contributed by atoms with Gasteiger partial charge in [0.05, 0.1) is 4.90 Å². The number of hydrogen-bond donors (Lipinski definition) is 2. The molecule has 1 atom stereocenters. The van der Waals surface area contributed by atoms with Crippen LogP contribution in [0.15, 0.2) is 59.5 Å². The molecule has 2 rings (SSSR count). The highest BCUT2D eigenvalue weighted by Crippen LogP contribution is 2.12. The van der Waals surface area contributed by atoms with Gasteiger partial charge in [-0.2, -0.15) is 4.72 Å². The molecule has 2 aromatic carbocycles. The molecule has 1 unspecified atom stereocenters. The fourth-order valence-corrected chi connectivity index (χ4v) is 3.47. The van der Waals surface area contributed by atoms with Gasteiger partial charge in [0.15, 0.2) is 0 Å². The third-order valence-electron chi connectivity index (χ3n) is 3.57. The summed E-state index contributed by atoms with van der Waals surface area (Å²) in [7, 11) is -3.94. The van der Waals surface area contributed by atoms with E-state index in [0.29, 0.717) is 6.54 Å². The molecule has 2 aromatic rings. The van der Waals surface area contributed by atoms with Gasteiger partial charge in [0.25, 0.3) is 0 Å². The van der Waals surface area contributed by atoms with Crippen molar-refractivity contribution in [3.63, 3.8) is 0 Å². The van der Waals surface area contributed by atoms with Gasteiger partial charge >= 0.3 is 0 Å². The molecule has 0 heterocycles. The molecule has 0 aromatic heterocycles. The van der Waals surface area contributed by atoms with Crippen LogP contribution in [0.2, 0.25) is 0 Å². The molecular weight excluding hydrogens is 343 g/mol. The van der Waals surface area contributed by atoms with Crippen LogP contribution < -0.4 is 10.0 Å². The number of halogens is 1. The van der Waals surface area contributed by atoms with Crippen LogP contribution in [0, 0.1) is 5.82 Å². The van der Waals surface area contributed by atoms with Crippen molar-refractivity contribution in [3.05, 3.63) is 66.0 Å². The Morgan fingerprint density at radius 2 is 1.72 bits per heavy atom. The molecule has 5 nitrogen and oxygen atoms in total. The fourth-order valence-electron chi connectivity index (χ4n) is 2.28. The van der Waals surface area contributed by atoms with Gasteiger partial charge in [-0.25, -0.2) is 12.8 Å². The van der Waals surface area contributed by atoms with E-state index in [0.717, 1.165) is 24.1 Å². The van der Waals surface area contributed by atoms with Crippen LogP contribution in [0.5, 0.6) is 0 Å². The highest BCUT2D eigenvalue weighted by molar-refractivity contribution is 7.89. The topological polar surface area (TPSA) is 75.3 Å². The number of rotatable bonds is 8. The summed E-state index contributed by atoms with van der Waals surface area (Å²) in [5, 5.41) is 2.71. The van der Waals surface area contributed by atoms with E-state index in [1.165, 1.54) is 12.1 Å². The molecule has 0 aliphatic rings. The molecular formula is C18H21FN2O3S. The molecule has 0 radical (unpaired) electrons. The fraction of sp³-hybridized carbons (Fsp3) is 0.278. The average Bonchev–Trinajstić information content (AvgIpc) is 2.60. The highest BCUT2D eigenvalue weighted by atomic mass is 32.2. The number of benzene rings is 2. The van der Waals surface area contributed by atoms with Gasteiger partial charge in [0.1, 0.15) is 11.9 Å². The molecule has 134 valence electrons. The summed E-state index contributed by atoms with van der Waals surface area (Å²) in [6.07, 6.45) is 0.964. The minimum Gasteiger partial charge on any atom is -0.355 e. The zero-order valence-electron chi connectivity index (χ0n) is 13.9. The first-order valence-electron chi connectivity index (χ1n) is 8.02. The minimum atomic E-state index is -3.94. The summed E-state index contributed by atoms with van der Waals surface area (Å²) >= 11 is 0. The predicted octanol–water partition coefficient (Wildman–Crippen LogP) is 2.24. The van der Waals surface area contributed by atoms with Crippen molar-refractivity contribution in [3.8, 4) is 0 Å². The lowest BCUT2D eigenvalue weighted by molar-refractivity contribution is -0.122. The van der Waals surface area contributed by atoms with Gasteiger partial charge in [-0.15, -0.1) is 0 Å². The van der Waals surface area contributed by atoms with Crippen LogP contribution in [0.3, 0.4) is 0 Å². The molecule has 1 amide bonds.